The molecule has 0 bridgehead atoms. The highest BCUT2D eigenvalue weighted by Crippen LogP contribution is 2.28. The van der Waals surface area contributed by atoms with E-state index in [4.69, 9.17) is 21.1 Å². The van der Waals surface area contributed by atoms with Crippen LogP contribution in [0.25, 0.3) is 0 Å². The minimum absolute atomic E-state index is 0.00653. The summed E-state index contributed by atoms with van der Waals surface area (Å²) in [4.78, 5) is 33.3. The SMILES string of the molecule is CNC(=O)c1ccccc1Nc1nc(Nc2cccc(CC(=O)OCC#CCOc3nonc3S(=O)(=O)c3ccccc3)c2)ncc1Cl. The van der Waals surface area contributed by atoms with Crippen molar-refractivity contribution in [2.24, 2.45) is 0 Å². The highest BCUT2D eigenvalue weighted by atomic mass is 35.5. The first-order chi connectivity index (χ1) is 23.2. The monoisotopic (exact) mass is 687 g/mol. The summed E-state index contributed by atoms with van der Waals surface area (Å²) in [5.41, 5.74) is 2.18. The van der Waals surface area contributed by atoms with E-state index in [2.05, 4.69) is 52.7 Å². The van der Waals surface area contributed by atoms with Gasteiger partial charge in [0.1, 0.15) is 5.02 Å². The molecule has 5 rings (SSSR count). The van der Waals surface area contributed by atoms with E-state index in [1.165, 1.54) is 18.3 Å². The lowest BCUT2D eigenvalue weighted by molar-refractivity contribution is -0.141. The standard InChI is InChI=1S/C32H26ClN7O7S/c1-34-29(42)24-14-5-6-15-26(24)37-28-25(33)20-35-32(38-28)36-22-11-9-10-21(18-22)19-27(41)45-16-7-8-17-46-30-31(40-47-39-30)48(43,44)23-12-3-2-4-13-23/h2-6,9-15,18,20H,16-17,19H2,1H3,(H,34,42)(H2,35,36,37,38). The van der Waals surface area contributed by atoms with Crippen LogP contribution in [-0.2, 0) is 25.8 Å². The van der Waals surface area contributed by atoms with Crippen LogP contribution in [0.4, 0.5) is 23.1 Å². The van der Waals surface area contributed by atoms with Crippen molar-refractivity contribution in [1.29, 1.82) is 0 Å². The van der Waals surface area contributed by atoms with E-state index in [0.29, 0.717) is 22.5 Å². The van der Waals surface area contributed by atoms with Gasteiger partial charge in [0.15, 0.2) is 19.0 Å². The molecule has 0 aliphatic rings. The number of aromatic nitrogens is 4. The minimum atomic E-state index is -4.00. The Morgan fingerprint density at radius 1 is 0.938 bits per heavy atom. The molecule has 48 heavy (non-hydrogen) atoms. The number of carbonyl (C=O) groups is 2. The van der Waals surface area contributed by atoms with Gasteiger partial charge in [-0.25, -0.2) is 18.0 Å². The quantitative estimate of drug-likeness (QED) is 0.124. The summed E-state index contributed by atoms with van der Waals surface area (Å²) >= 11 is 6.32. The second-order valence-electron chi connectivity index (χ2n) is 9.64. The number of esters is 1. The summed E-state index contributed by atoms with van der Waals surface area (Å²) in [6.45, 7) is -0.467. The van der Waals surface area contributed by atoms with Gasteiger partial charge in [-0.3, -0.25) is 9.59 Å². The number of hydrogen-bond acceptors (Lipinski definition) is 13. The average molecular weight is 688 g/mol. The Morgan fingerprint density at radius 3 is 2.52 bits per heavy atom. The molecule has 0 aliphatic carbocycles. The van der Waals surface area contributed by atoms with E-state index < -0.39 is 20.8 Å². The van der Waals surface area contributed by atoms with Crippen molar-refractivity contribution in [3.8, 4) is 17.7 Å². The van der Waals surface area contributed by atoms with Crippen LogP contribution in [0.3, 0.4) is 0 Å². The molecular formula is C32H26ClN7O7S. The number of rotatable bonds is 12. The molecule has 0 radical (unpaired) electrons. The molecule has 2 heterocycles. The van der Waals surface area contributed by atoms with Gasteiger partial charge in [-0.05, 0) is 52.3 Å². The fourth-order valence-corrected chi connectivity index (χ4v) is 5.47. The highest BCUT2D eigenvalue weighted by Gasteiger charge is 2.28. The molecule has 0 atom stereocenters. The fraction of sp³-hybridized carbons (Fsp3) is 0.125. The second-order valence-corrected chi connectivity index (χ2v) is 11.9. The molecule has 0 unspecified atom stereocenters. The summed E-state index contributed by atoms with van der Waals surface area (Å²) in [5, 5.41) is 15.5. The van der Waals surface area contributed by atoms with Crippen LogP contribution < -0.4 is 20.7 Å². The van der Waals surface area contributed by atoms with Crippen molar-refractivity contribution in [3.63, 3.8) is 0 Å². The predicted octanol–water partition coefficient (Wildman–Crippen LogP) is 4.36. The second kappa shape index (κ2) is 15.5. The van der Waals surface area contributed by atoms with Crippen molar-refractivity contribution in [1.82, 2.24) is 25.6 Å². The highest BCUT2D eigenvalue weighted by molar-refractivity contribution is 7.91. The maximum Gasteiger partial charge on any atom is 0.311 e. The maximum atomic E-state index is 12.7. The Balaban J connectivity index is 1.12. The summed E-state index contributed by atoms with van der Waals surface area (Å²) in [6, 6.07) is 21.6. The third kappa shape index (κ3) is 8.43. The number of anilines is 4. The maximum absolute atomic E-state index is 12.7. The van der Waals surface area contributed by atoms with E-state index in [1.54, 1.807) is 73.8 Å². The Hall–Kier alpha value is -5.98. The van der Waals surface area contributed by atoms with Gasteiger partial charge < -0.3 is 25.4 Å². The Kier molecular flexibility index (Phi) is 10.8. The number of ether oxygens (including phenoxy) is 2. The van der Waals surface area contributed by atoms with Gasteiger partial charge in [-0.2, -0.15) is 4.98 Å². The number of nitrogens with one attached hydrogen (secondary N) is 3. The van der Waals surface area contributed by atoms with E-state index in [0.717, 1.165) is 0 Å². The third-order valence-electron chi connectivity index (χ3n) is 6.38. The largest absolute Gasteiger partial charge is 0.460 e. The third-order valence-corrected chi connectivity index (χ3v) is 8.30. The van der Waals surface area contributed by atoms with E-state index in [1.807, 2.05) is 0 Å². The lowest BCUT2D eigenvalue weighted by Crippen LogP contribution is -2.19. The molecule has 1 amide bonds. The first kappa shape index (κ1) is 33.4. The van der Waals surface area contributed by atoms with Crippen LogP contribution in [-0.4, -0.2) is 60.8 Å². The number of hydrogen-bond donors (Lipinski definition) is 3. The van der Waals surface area contributed by atoms with Crippen molar-refractivity contribution in [2.45, 2.75) is 16.3 Å². The van der Waals surface area contributed by atoms with Gasteiger partial charge in [-0.1, -0.05) is 65.9 Å². The summed E-state index contributed by atoms with van der Waals surface area (Å²) in [5.74, 6) is 4.63. The van der Waals surface area contributed by atoms with E-state index >= 15 is 0 Å². The Labute approximate surface area is 279 Å². The van der Waals surface area contributed by atoms with Gasteiger partial charge in [0, 0.05) is 12.7 Å². The van der Waals surface area contributed by atoms with Crippen molar-refractivity contribution in [3.05, 3.63) is 101 Å². The van der Waals surface area contributed by atoms with Gasteiger partial charge in [0.05, 0.1) is 28.8 Å². The molecule has 0 saturated heterocycles. The normalized spacial score (nSPS) is 10.7. The molecule has 3 aromatic carbocycles. The topological polar surface area (TPSA) is 188 Å². The molecule has 244 valence electrons. The zero-order valence-electron chi connectivity index (χ0n) is 25.1. The van der Waals surface area contributed by atoms with Gasteiger partial charge in [0.2, 0.25) is 15.8 Å². The number of sulfone groups is 1. The summed E-state index contributed by atoms with van der Waals surface area (Å²) in [6.07, 6.45) is 1.38. The van der Waals surface area contributed by atoms with Crippen LogP contribution in [0.1, 0.15) is 15.9 Å². The van der Waals surface area contributed by atoms with Crippen LogP contribution in [0, 0.1) is 11.8 Å². The van der Waals surface area contributed by atoms with Crippen molar-refractivity contribution >= 4 is 56.5 Å². The van der Waals surface area contributed by atoms with Gasteiger partial charge in [0.25, 0.3) is 16.8 Å². The molecule has 16 heteroatoms. The summed E-state index contributed by atoms with van der Waals surface area (Å²) < 4.78 is 40.5. The number of carbonyl (C=O) groups excluding carboxylic acids is 2. The number of halogens is 1. The Morgan fingerprint density at radius 2 is 1.71 bits per heavy atom. The Bertz CT molecular complexity index is 2100. The number of para-hydroxylation sites is 1. The molecule has 0 spiro atoms. The smallest absolute Gasteiger partial charge is 0.311 e. The van der Waals surface area contributed by atoms with Crippen molar-refractivity contribution in [2.75, 3.05) is 30.9 Å². The molecule has 2 aromatic heterocycles. The van der Waals surface area contributed by atoms with Crippen LogP contribution in [0.2, 0.25) is 5.02 Å². The predicted molar refractivity (Wildman–Crippen MR) is 174 cm³/mol. The zero-order chi connectivity index (χ0) is 33.9. The lowest BCUT2D eigenvalue weighted by Gasteiger charge is -2.13. The zero-order valence-corrected chi connectivity index (χ0v) is 26.7. The summed E-state index contributed by atoms with van der Waals surface area (Å²) in [7, 11) is -2.46. The molecule has 0 aliphatic heterocycles. The molecule has 14 nitrogen and oxygen atoms in total. The molecule has 0 fully saturated rings. The first-order valence-corrected chi connectivity index (χ1v) is 15.9. The molecule has 0 saturated carbocycles. The first-order valence-electron chi connectivity index (χ1n) is 14.1. The molecule has 5 aromatic rings. The average Bonchev–Trinajstić information content (AvgIpc) is 3.58. The van der Waals surface area contributed by atoms with Crippen LogP contribution in [0.5, 0.6) is 5.88 Å². The van der Waals surface area contributed by atoms with E-state index in [-0.39, 0.29) is 53.1 Å². The number of amides is 1. The number of nitrogens with zero attached hydrogens (tertiary/aromatic N) is 4. The lowest BCUT2D eigenvalue weighted by atomic mass is 10.1. The van der Waals surface area contributed by atoms with Gasteiger partial charge >= 0.3 is 5.97 Å². The number of benzene rings is 3. The van der Waals surface area contributed by atoms with Crippen LogP contribution >= 0.6 is 11.6 Å². The minimum Gasteiger partial charge on any atom is -0.460 e. The van der Waals surface area contributed by atoms with Gasteiger partial charge in [-0.15, -0.1) is 0 Å². The molecule has 3 N–H and O–H groups in total. The van der Waals surface area contributed by atoms with E-state index in [9.17, 15) is 18.0 Å². The van der Waals surface area contributed by atoms with Crippen molar-refractivity contribution < 1.29 is 32.1 Å². The van der Waals surface area contributed by atoms with Crippen LogP contribution in [0.15, 0.2) is 99.6 Å². The fourth-order valence-electron chi connectivity index (χ4n) is 4.13. The molecular weight excluding hydrogens is 662 g/mol.